The second-order valence-corrected chi connectivity index (χ2v) is 8.20. The van der Waals surface area contributed by atoms with Gasteiger partial charge in [-0.1, -0.05) is 96.1 Å². The molecule has 0 aromatic heterocycles. The summed E-state index contributed by atoms with van der Waals surface area (Å²) in [5.74, 6) is -0.711. The minimum atomic E-state index is -0.711. The highest BCUT2D eigenvalue weighted by Crippen LogP contribution is 2.14. The number of aliphatic carboxylic acids is 1. The first-order valence-corrected chi connectivity index (χ1v) is 11.8. The molecule has 0 fully saturated rings. The lowest BCUT2D eigenvalue weighted by molar-refractivity contribution is -0.137. The van der Waals surface area contributed by atoms with Crippen molar-refractivity contribution < 1.29 is 20.1 Å². The number of aliphatic hydroxyl groups is 2. The second-order valence-electron chi connectivity index (χ2n) is 8.20. The van der Waals surface area contributed by atoms with E-state index in [9.17, 15) is 15.0 Å². The topological polar surface area (TPSA) is 77.8 Å². The van der Waals surface area contributed by atoms with E-state index in [2.05, 4.69) is 6.92 Å². The zero-order valence-corrected chi connectivity index (χ0v) is 18.3. The molecule has 0 rings (SSSR count). The van der Waals surface area contributed by atoms with Gasteiger partial charge in [0, 0.05) is 12.8 Å². The van der Waals surface area contributed by atoms with Crippen molar-refractivity contribution in [3.63, 3.8) is 0 Å². The Morgan fingerprint density at radius 3 is 1.93 bits per heavy atom. The fraction of sp³-hybridized carbons (Fsp3) is 0.875. The van der Waals surface area contributed by atoms with Gasteiger partial charge in [0.05, 0.1) is 12.2 Å². The fourth-order valence-corrected chi connectivity index (χ4v) is 3.49. The standard InChI is InChI=1S/C24H46O4/c1-2-3-4-5-6-7-9-12-15-18-22(25)21-23(26)19-16-13-10-8-11-14-17-20-24(27)28/h16,19,22-23,25-26H,2-15,17-18,20-21H2,1H3,(H,27,28). The number of hydrogen-bond acceptors (Lipinski definition) is 3. The van der Waals surface area contributed by atoms with E-state index in [-0.39, 0.29) is 6.42 Å². The lowest BCUT2D eigenvalue weighted by Gasteiger charge is -2.13. The smallest absolute Gasteiger partial charge is 0.303 e. The van der Waals surface area contributed by atoms with E-state index in [0.717, 1.165) is 51.4 Å². The van der Waals surface area contributed by atoms with Crippen molar-refractivity contribution >= 4 is 5.97 Å². The van der Waals surface area contributed by atoms with Gasteiger partial charge in [-0.3, -0.25) is 4.79 Å². The summed E-state index contributed by atoms with van der Waals surface area (Å²) in [6.07, 6.45) is 21.8. The molecule has 0 aromatic rings. The molecule has 0 amide bonds. The number of unbranched alkanes of at least 4 members (excludes halogenated alkanes) is 13. The maximum Gasteiger partial charge on any atom is 0.303 e. The Morgan fingerprint density at radius 2 is 1.32 bits per heavy atom. The Hall–Kier alpha value is -0.870. The summed E-state index contributed by atoms with van der Waals surface area (Å²) in [6, 6.07) is 0. The Labute approximate surface area is 173 Å². The predicted molar refractivity (Wildman–Crippen MR) is 118 cm³/mol. The van der Waals surface area contributed by atoms with E-state index in [0.29, 0.717) is 6.42 Å². The zero-order chi connectivity index (χ0) is 20.9. The van der Waals surface area contributed by atoms with Gasteiger partial charge in [-0.2, -0.15) is 0 Å². The summed E-state index contributed by atoms with van der Waals surface area (Å²) in [5.41, 5.74) is 0. The van der Waals surface area contributed by atoms with Crippen LogP contribution >= 0.6 is 0 Å². The van der Waals surface area contributed by atoms with Crippen LogP contribution in [0.5, 0.6) is 0 Å². The molecule has 0 heterocycles. The Balaban J connectivity index is 3.43. The molecule has 0 radical (unpaired) electrons. The summed E-state index contributed by atoms with van der Waals surface area (Å²) < 4.78 is 0. The van der Waals surface area contributed by atoms with Crippen molar-refractivity contribution in [1.82, 2.24) is 0 Å². The third-order valence-electron chi connectivity index (χ3n) is 5.27. The quantitative estimate of drug-likeness (QED) is 0.155. The maximum absolute atomic E-state index is 10.4. The van der Waals surface area contributed by atoms with E-state index in [4.69, 9.17) is 5.11 Å². The van der Waals surface area contributed by atoms with E-state index in [1.165, 1.54) is 51.4 Å². The van der Waals surface area contributed by atoms with Gasteiger partial charge in [-0.15, -0.1) is 0 Å². The summed E-state index contributed by atoms with van der Waals surface area (Å²) in [5, 5.41) is 28.6. The van der Waals surface area contributed by atoms with Crippen LogP contribution in [0.1, 0.15) is 122 Å². The SMILES string of the molecule is CCCCCCCCCCCC(O)CC(O)C=CCCCCCCCC(=O)O. The lowest BCUT2D eigenvalue weighted by Crippen LogP contribution is -2.15. The number of aliphatic hydroxyl groups excluding tert-OH is 2. The van der Waals surface area contributed by atoms with Gasteiger partial charge in [-0.25, -0.2) is 0 Å². The van der Waals surface area contributed by atoms with Crippen molar-refractivity contribution in [2.75, 3.05) is 0 Å². The largest absolute Gasteiger partial charge is 0.481 e. The van der Waals surface area contributed by atoms with Crippen molar-refractivity contribution in [3.8, 4) is 0 Å². The highest BCUT2D eigenvalue weighted by atomic mass is 16.4. The number of allylic oxidation sites excluding steroid dienone is 1. The normalized spacial score (nSPS) is 13.8. The summed E-state index contributed by atoms with van der Waals surface area (Å²) in [7, 11) is 0. The zero-order valence-electron chi connectivity index (χ0n) is 18.3. The Kier molecular flexibility index (Phi) is 20.2. The molecule has 4 heteroatoms. The van der Waals surface area contributed by atoms with Crippen LogP contribution in [0.25, 0.3) is 0 Å². The highest BCUT2D eigenvalue weighted by molar-refractivity contribution is 5.66. The number of carboxylic acids is 1. The number of carboxylic acid groups (broad SMARTS) is 1. The van der Waals surface area contributed by atoms with Gasteiger partial charge in [0.25, 0.3) is 0 Å². The highest BCUT2D eigenvalue weighted by Gasteiger charge is 2.09. The van der Waals surface area contributed by atoms with E-state index in [1.54, 1.807) is 0 Å². The molecule has 166 valence electrons. The molecule has 0 aliphatic carbocycles. The van der Waals surface area contributed by atoms with E-state index < -0.39 is 18.2 Å². The monoisotopic (exact) mass is 398 g/mol. The van der Waals surface area contributed by atoms with Crippen LogP contribution in [0.15, 0.2) is 12.2 Å². The number of hydrogen-bond donors (Lipinski definition) is 3. The van der Waals surface area contributed by atoms with Gasteiger partial charge >= 0.3 is 5.97 Å². The molecule has 4 nitrogen and oxygen atoms in total. The molecule has 28 heavy (non-hydrogen) atoms. The molecule has 2 atom stereocenters. The molecule has 0 aliphatic rings. The van der Waals surface area contributed by atoms with Crippen molar-refractivity contribution in [3.05, 3.63) is 12.2 Å². The van der Waals surface area contributed by atoms with Crippen LogP contribution in [0.3, 0.4) is 0 Å². The van der Waals surface area contributed by atoms with Crippen LogP contribution in [0.4, 0.5) is 0 Å². The van der Waals surface area contributed by atoms with Crippen LogP contribution in [-0.2, 0) is 4.79 Å². The second kappa shape index (κ2) is 20.9. The minimum absolute atomic E-state index is 0.271. The molecule has 0 bridgehead atoms. The maximum atomic E-state index is 10.4. The summed E-state index contributed by atoms with van der Waals surface area (Å²) >= 11 is 0. The van der Waals surface area contributed by atoms with Crippen molar-refractivity contribution in [1.29, 1.82) is 0 Å². The fourth-order valence-electron chi connectivity index (χ4n) is 3.49. The van der Waals surface area contributed by atoms with Gasteiger partial charge < -0.3 is 15.3 Å². The summed E-state index contributed by atoms with van der Waals surface area (Å²) in [4.78, 5) is 10.4. The molecule has 0 saturated carbocycles. The molecular weight excluding hydrogens is 352 g/mol. The van der Waals surface area contributed by atoms with Gasteiger partial charge in [-0.05, 0) is 25.7 Å². The van der Waals surface area contributed by atoms with Gasteiger partial charge in [0.2, 0.25) is 0 Å². The minimum Gasteiger partial charge on any atom is -0.481 e. The van der Waals surface area contributed by atoms with Crippen molar-refractivity contribution in [2.45, 2.75) is 135 Å². The Bertz CT molecular complexity index is 368. The first-order chi connectivity index (χ1) is 13.6. The third kappa shape index (κ3) is 21.4. The molecule has 0 aromatic carbocycles. The number of rotatable bonds is 21. The lowest BCUT2D eigenvalue weighted by atomic mass is 10.0. The molecule has 0 spiro atoms. The molecule has 0 aliphatic heterocycles. The van der Waals surface area contributed by atoms with E-state index in [1.807, 2.05) is 12.2 Å². The molecule has 0 saturated heterocycles. The van der Waals surface area contributed by atoms with Crippen LogP contribution in [0.2, 0.25) is 0 Å². The predicted octanol–water partition coefficient (Wildman–Crippen LogP) is 6.39. The summed E-state index contributed by atoms with van der Waals surface area (Å²) in [6.45, 7) is 2.24. The van der Waals surface area contributed by atoms with Gasteiger partial charge in [0.1, 0.15) is 0 Å². The molecular formula is C24H46O4. The first-order valence-electron chi connectivity index (χ1n) is 11.8. The molecule has 2 unspecified atom stereocenters. The van der Waals surface area contributed by atoms with Gasteiger partial charge in [0.15, 0.2) is 0 Å². The first kappa shape index (κ1) is 27.1. The van der Waals surface area contributed by atoms with Crippen LogP contribution in [0, 0.1) is 0 Å². The Morgan fingerprint density at radius 1 is 0.786 bits per heavy atom. The van der Waals surface area contributed by atoms with Crippen LogP contribution in [-0.4, -0.2) is 33.5 Å². The van der Waals surface area contributed by atoms with Crippen molar-refractivity contribution in [2.24, 2.45) is 0 Å². The average molecular weight is 399 g/mol. The molecule has 3 N–H and O–H groups in total. The average Bonchev–Trinajstić information content (AvgIpc) is 2.65. The third-order valence-corrected chi connectivity index (χ3v) is 5.27. The van der Waals surface area contributed by atoms with E-state index >= 15 is 0 Å². The number of carbonyl (C=O) groups is 1. The van der Waals surface area contributed by atoms with Crippen LogP contribution < -0.4 is 0 Å².